The SMILES string of the molecule is COc1c(CN2O[C@@H](CO)[C@H]([C@H](C)O)[C@H]2C(=O)N[C@H]2C[C@H]3C[C@@H]([C@@H]2C)C3(C)C)cccc1-c1cc(N)cc(C(=O)O)c1. The number of benzene rings is 2. The number of aliphatic hydroxyl groups is 2. The molecule has 0 unspecified atom stereocenters. The molecular weight excluding hydrogens is 538 g/mol. The lowest BCUT2D eigenvalue weighted by atomic mass is 9.45. The third-order valence-electron chi connectivity index (χ3n) is 10.2. The number of fused-ring (bicyclic) bond motifs is 2. The van der Waals surface area contributed by atoms with Gasteiger partial charge in [0.15, 0.2) is 0 Å². The number of carbonyl (C=O) groups excluding carboxylic acids is 1. The first kappa shape index (κ1) is 30.3. The lowest BCUT2D eigenvalue weighted by molar-refractivity contribution is -0.183. The summed E-state index contributed by atoms with van der Waals surface area (Å²) >= 11 is 0. The van der Waals surface area contributed by atoms with Gasteiger partial charge in [-0.15, -0.1) is 0 Å². The van der Waals surface area contributed by atoms with Crippen LogP contribution in [-0.4, -0.2) is 70.3 Å². The van der Waals surface area contributed by atoms with Crippen molar-refractivity contribution in [2.75, 3.05) is 19.5 Å². The van der Waals surface area contributed by atoms with E-state index in [4.69, 9.17) is 15.3 Å². The Balaban J connectivity index is 1.44. The van der Waals surface area contributed by atoms with Gasteiger partial charge in [0, 0.05) is 28.8 Å². The molecule has 1 amide bonds. The Kier molecular flexibility index (Phi) is 8.28. The number of nitrogens with two attached hydrogens (primary N) is 1. The molecule has 3 saturated carbocycles. The number of amides is 1. The Hall–Kier alpha value is -3.18. The van der Waals surface area contributed by atoms with Crippen LogP contribution >= 0.6 is 0 Å². The first-order valence-corrected chi connectivity index (χ1v) is 14.7. The van der Waals surface area contributed by atoms with Gasteiger partial charge in [0.25, 0.3) is 0 Å². The van der Waals surface area contributed by atoms with Crippen LogP contribution in [0.25, 0.3) is 11.1 Å². The summed E-state index contributed by atoms with van der Waals surface area (Å²) in [5.74, 6) is -0.0498. The third kappa shape index (κ3) is 5.25. The zero-order valence-electron chi connectivity index (χ0n) is 24.9. The van der Waals surface area contributed by atoms with Crippen molar-refractivity contribution in [3.63, 3.8) is 0 Å². The van der Waals surface area contributed by atoms with Crippen LogP contribution < -0.4 is 15.8 Å². The Morgan fingerprint density at radius 2 is 1.98 bits per heavy atom. The number of rotatable bonds is 9. The second-order valence-corrected chi connectivity index (χ2v) is 12.9. The summed E-state index contributed by atoms with van der Waals surface area (Å²) in [6, 6.07) is 9.26. The van der Waals surface area contributed by atoms with Gasteiger partial charge >= 0.3 is 5.97 Å². The molecule has 4 fully saturated rings. The normalized spacial score (nSPS) is 30.8. The number of hydroxylamine groups is 2. The number of hydrogen-bond donors (Lipinski definition) is 5. The molecule has 0 radical (unpaired) electrons. The number of carbonyl (C=O) groups is 2. The fraction of sp³-hybridized carbons (Fsp3) is 0.562. The number of carboxylic acid groups (broad SMARTS) is 1. The lowest BCUT2D eigenvalue weighted by Crippen LogP contribution is -2.62. The molecule has 1 aliphatic heterocycles. The van der Waals surface area contributed by atoms with Crippen LogP contribution in [0.1, 0.15) is 56.5 Å². The Morgan fingerprint density at radius 3 is 2.57 bits per heavy atom. The minimum absolute atomic E-state index is 0.0313. The van der Waals surface area contributed by atoms with Gasteiger partial charge in [-0.05, 0) is 66.7 Å². The van der Waals surface area contributed by atoms with E-state index in [9.17, 15) is 24.9 Å². The first-order chi connectivity index (χ1) is 19.9. The molecule has 42 heavy (non-hydrogen) atoms. The van der Waals surface area contributed by atoms with Crippen LogP contribution in [0.5, 0.6) is 5.75 Å². The Labute approximate surface area is 246 Å². The molecule has 6 N–H and O–H groups in total. The molecule has 2 bridgehead atoms. The average molecular weight is 582 g/mol. The van der Waals surface area contributed by atoms with Crippen LogP contribution in [0.4, 0.5) is 5.69 Å². The Bertz CT molecular complexity index is 1350. The minimum atomic E-state index is -1.09. The maximum atomic E-state index is 14.0. The summed E-state index contributed by atoms with van der Waals surface area (Å²) < 4.78 is 5.81. The predicted octanol–water partition coefficient (Wildman–Crippen LogP) is 3.30. The molecule has 1 saturated heterocycles. The van der Waals surface area contributed by atoms with Crippen molar-refractivity contribution in [3.8, 4) is 16.9 Å². The van der Waals surface area contributed by atoms with E-state index in [1.165, 1.54) is 30.7 Å². The van der Waals surface area contributed by atoms with Crippen LogP contribution in [0.15, 0.2) is 36.4 Å². The number of nitrogens with zero attached hydrogens (tertiary/aromatic N) is 1. The summed E-state index contributed by atoms with van der Waals surface area (Å²) in [6.07, 6.45) is 0.438. The summed E-state index contributed by atoms with van der Waals surface area (Å²) in [7, 11) is 1.52. The summed E-state index contributed by atoms with van der Waals surface area (Å²) in [5.41, 5.74) is 8.55. The van der Waals surface area contributed by atoms with E-state index < -0.39 is 30.1 Å². The van der Waals surface area contributed by atoms with Crippen LogP contribution in [0, 0.1) is 29.1 Å². The van der Waals surface area contributed by atoms with E-state index in [1.807, 2.05) is 18.2 Å². The molecule has 4 aliphatic rings. The molecule has 2 aromatic carbocycles. The number of aliphatic hydroxyl groups excluding tert-OH is 2. The van der Waals surface area contributed by atoms with Gasteiger partial charge in [0.2, 0.25) is 5.91 Å². The molecule has 10 nitrogen and oxygen atoms in total. The number of methoxy groups -OCH3 is 1. The van der Waals surface area contributed by atoms with E-state index >= 15 is 0 Å². The number of anilines is 1. The van der Waals surface area contributed by atoms with E-state index in [1.54, 1.807) is 13.0 Å². The number of carboxylic acids is 1. The van der Waals surface area contributed by atoms with Gasteiger partial charge in [0.05, 0.1) is 31.9 Å². The molecule has 0 aromatic heterocycles. The highest BCUT2D eigenvalue weighted by Crippen LogP contribution is 2.61. The number of hydrogen-bond acceptors (Lipinski definition) is 8. The van der Waals surface area contributed by atoms with E-state index in [0.29, 0.717) is 45.9 Å². The second-order valence-electron chi connectivity index (χ2n) is 12.9. The fourth-order valence-corrected chi connectivity index (χ4v) is 7.76. The quantitative estimate of drug-likeness (QED) is 0.281. The molecule has 10 heteroatoms. The Morgan fingerprint density at radius 1 is 1.24 bits per heavy atom. The number of para-hydroxylation sites is 1. The maximum Gasteiger partial charge on any atom is 0.335 e. The van der Waals surface area contributed by atoms with Gasteiger partial charge in [-0.25, -0.2) is 4.79 Å². The molecule has 2 aromatic rings. The van der Waals surface area contributed by atoms with Crippen molar-refractivity contribution in [3.05, 3.63) is 47.5 Å². The van der Waals surface area contributed by atoms with Gasteiger partial charge in [-0.1, -0.05) is 39.0 Å². The molecule has 8 atom stereocenters. The van der Waals surface area contributed by atoms with Crippen molar-refractivity contribution in [1.82, 2.24) is 10.4 Å². The van der Waals surface area contributed by atoms with Crippen LogP contribution in [0.3, 0.4) is 0 Å². The molecule has 1 heterocycles. The van der Waals surface area contributed by atoms with Gasteiger partial charge < -0.3 is 31.1 Å². The second kappa shape index (κ2) is 11.5. The maximum absolute atomic E-state index is 14.0. The highest BCUT2D eigenvalue weighted by molar-refractivity contribution is 5.91. The van der Waals surface area contributed by atoms with Gasteiger partial charge in [0.1, 0.15) is 17.9 Å². The molecule has 228 valence electrons. The van der Waals surface area contributed by atoms with Crippen molar-refractivity contribution >= 4 is 17.6 Å². The monoisotopic (exact) mass is 581 g/mol. The number of ether oxygens (including phenoxy) is 1. The standard InChI is InChI=1S/C32H43N3O7/c1-16-24-12-21(32(24,3)4)13-25(16)34-30(38)28-27(17(2)37)26(15-36)42-35(28)14-18-7-6-8-23(29(18)41-5)19-9-20(31(39)40)11-22(33)10-19/h6-11,16-17,21,24-28,36-37H,12-15,33H2,1-5H3,(H,34,38)(H,39,40)/t16-,17-,21+,24-,25-,26-,27-,28-/m0/s1. The summed E-state index contributed by atoms with van der Waals surface area (Å²) in [6.45, 7) is 8.23. The molecule has 0 spiro atoms. The minimum Gasteiger partial charge on any atom is -0.496 e. The molecular formula is C32H43N3O7. The highest BCUT2D eigenvalue weighted by atomic mass is 16.7. The average Bonchev–Trinajstić information content (AvgIpc) is 3.31. The zero-order valence-corrected chi connectivity index (χ0v) is 24.9. The third-order valence-corrected chi connectivity index (χ3v) is 10.2. The van der Waals surface area contributed by atoms with E-state index in [0.717, 1.165) is 6.42 Å². The van der Waals surface area contributed by atoms with Crippen LogP contribution in [-0.2, 0) is 16.2 Å². The largest absolute Gasteiger partial charge is 0.496 e. The summed E-state index contributed by atoms with van der Waals surface area (Å²) in [5, 5.41) is 35.2. The number of nitrogens with one attached hydrogen (secondary N) is 1. The lowest BCUT2D eigenvalue weighted by Gasteiger charge is -2.62. The zero-order chi connectivity index (χ0) is 30.5. The topological polar surface area (TPSA) is 155 Å². The van der Waals surface area contributed by atoms with Crippen molar-refractivity contribution in [1.29, 1.82) is 0 Å². The number of aromatic carboxylic acids is 1. The fourth-order valence-electron chi connectivity index (χ4n) is 7.76. The van der Waals surface area contributed by atoms with Crippen molar-refractivity contribution in [2.45, 2.75) is 71.4 Å². The van der Waals surface area contributed by atoms with E-state index in [-0.39, 0.29) is 36.1 Å². The van der Waals surface area contributed by atoms with Gasteiger partial charge in [-0.3, -0.25) is 9.63 Å². The molecule has 3 aliphatic carbocycles. The smallest absolute Gasteiger partial charge is 0.335 e. The first-order valence-electron chi connectivity index (χ1n) is 14.7. The van der Waals surface area contributed by atoms with Crippen molar-refractivity contribution in [2.24, 2.45) is 29.1 Å². The highest BCUT2D eigenvalue weighted by Gasteiger charge is 2.57. The predicted molar refractivity (Wildman–Crippen MR) is 157 cm³/mol. The van der Waals surface area contributed by atoms with Crippen LogP contribution in [0.2, 0.25) is 0 Å². The molecule has 6 rings (SSSR count). The van der Waals surface area contributed by atoms with Crippen molar-refractivity contribution < 1.29 is 34.5 Å². The number of nitrogen functional groups attached to an aromatic ring is 1. The summed E-state index contributed by atoms with van der Waals surface area (Å²) in [4.78, 5) is 31.8. The van der Waals surface area contributed by atoms with E-state index in [2.05, 4.69) is 26.1 Å². The van der Waals surface area contributed by atoms with Gasteiger partial charge in [-0.2, -0.15) is 5.06 Å².